The van der Waals surface area contributed by atoms with E-state index in [9.17, 15) is 4.79 Å². The van der Waals surface area contributed by atoms with Crippen molar-refractivity contribution in [2.45, 2.75) is 24.5 Å². The summed E-state index contributed by atoms with van der Waals surface area (Å²) in [5.74, 6) is -0.990. The Morgan fingerprint density at radius 1 is 1.17 bits per heavy atom. The van der Waals surface area contributed by atoms with Crippen LogP contribution in [0.25, 0.3) is 5.57 Å². The predicted octanol–water partition coefficient (Wildman–Crippen LogP) is -0.741. The number of aliphatic carboxylic acids is 1. The third-order valence-corrected chi connectivity index (χ3v) is 3.56. The maximum absolute atomic E-state index is 9.91. The van der Waals surface area contributed by atoms with Gasteiger partial charge in [0.25, 0.3) is 0 Å². The standard InChI is InChI=1S/C12H16N4.C4H10N2O2/c13-10-4-1-8(2-5-10)9-3-6-11(14)12(15,16)7-9;5-2-1-3(6)4(7)8/h1-6H,7,13-16H2;3H,1-2,5-6H2,(H,7,8). The molecule has 0 fully saturated rings. The molecule has 0 spiro atoms. The molecule has 0 bridgehead atoms. The van der Waals surface area contributed by atoms with E-state index in [0.29, 0.717) is 25.1 Å². The van der Waals surface area contributed by atoms with Gasteiger partial charge in [0.2, 0.25) is 0 Å². The Balaban J connectivity index is 0.000000307. The first-order valence-electron chi connectivity index (χ1n) is 7.46. The first-order chi connectivity index (χ1) is 11.2. The van der Waals surface area contributed by atoms with Crippen LogP contribution in [0.4, 0.5) is 5.69 Å². The second kappa shape index (κ2) is 8.46. The molecular formula is C16H26N6O2. The maximum Gasteiger partial charge on any atom is 0.320 e. The van der Waals surface area contributed by atoms with Crippen molar-refractivity contribution in [1.82, 2.24) is 0 Å². The monoisotopic (exact) mass is 334 g/mol. The molecule has 1 aromatic carbocycles. The zero-order valence-corrected chi connectivity index (χ0v) is 13.5. The lowest BCUT2D eigenvalue weighted by molar-refractivity contribution is -0.138. The zero-order chi connectivity index (χ0) is 18.3. The molecule has 1 aliphatic rings. The molecule has 0 amide bonds. The predicted molar refractivity (Wildman–Crippen MR) is 96.1 cm³/mol. The van der Waals surface area contributed by atoms with Gasteiger partial charge >= 0.3 is 5.97 Å². The van der Waals surface area contributed by atoms with Crippen molar-refractivity contribution in [2.75, 3.05) is 12.3 Å². The normalized spacial score (nSPS) is 17.0. The summed E-state index contributed by atoms with van der Waals surface area (Å²) in [6.07, 6.45) is 4.57. The maximum atomic E-state index is 9.91. The fourth-order valence-electron chi connectivity index (χ4n) is 2.02. The Morgan fingerprint density at radius 2 is 1.75 bits per heavy atom. The van der Waals surface area contributed by atoms with Crippen LogP contribution in [-0.4, -0.2) is 29.3 Å². The second-order valence-electron chi connectivity index (χ2n) is 5.68. The zero-order valence-electron chi connectivity index (χ0n) is 13.5. The average Bonchev–Trinajstić information content (AvgIpc) is 2.51. The molecule has 1 atom stereocenters. The van der Waals surface area contributed by atoms with Crippen molar-refractivity contribution in [3.8, 4) is 0 Å². The Morgan fingerprint density at radius 3 is 2.17 bits per heavy atom. The molecule has 0 radical (unpaired) electrons. The van der Waals surface area contributed by atoms with Crippen molar-refractivity contribution < 1.29 is 9.90 Å². The van der Waals surface area contributed by atoms with Gasteiger partial charge in [0, 0.05) is 17.8 Å². The largest absolute Gasteiger partial charge is 0.480 e. The van der Waals surface area contributed by atoms with Gasteiger partial charge in [-0.2, -0.15) is 0 Å². The molecule has 132 valence electrons. The van der Waals surface area contributed by atoms with Crippen molar-refractivity contribution in [2.24, 2.45) is 28.7 Å². The van der Waals surface area contributed by atoms with E-state index < -0.39 is 17.7 Å². The lowest BCUT2D eigenvalue weighted by Crippen LogP contribution is -2.54. The molecule has 0 heterocycles. The molecule has 1 aliphatic carbocycles. The summed E-state index contributed by atoms with van der Waals surface area (Å²) in [6, 6.07) is 6.82. The van der Waals surface area contributed by atoms with Crippen molar-refractivity contribution in [3.05, 3.63) is 47.7 Å². The molecule has 8 nitrogen and oxygen atoms in total. The number of nitrogen functional groups attached to an aromatic ring is 1. The molecule has 24 heavy (non-hydrogen) atoms. The van der Waals surface area contributed by atoms with Gasteiger partial charge in [-0.1, -0.05) is 18.2 Å². The van der Waals surface area contributed by atoms with E-state index in [1.807, 2.05) is 30.3 Å². The summed E-state index contributed by atoms with van der Waals surface area (Å²) in [5.41, 5.74) is 35.6. The van der Waals surface area contributed by atoms with Gasteiger partial charge in [-0.25, -0.2) is 0 Å². The average molecular weight is 334 g/mol. The van der Waals surface area contributed by atoms with Crippen molar-refractivity contribution >= 4 is 17.2 Å². The number of carboxylic acids is 1. The van der Waals surface area contributed by atoms with E-state index in [-0.39, 0.29) is 0 Å². The van der Waals surface area contributed by atoms with E-state index in [0.717, 1.165) is 16.8 Å². The van der Waals surface area contributed by atoms with Crippen LogP contribution in [0.15, 0.2) is 42.1 Å². The highest BCUT2D eigenvalue weighted by molar-refractivity contribution is 5.73. The quantitative estimate of drug-likeness (QED) is 0.276. The Hall–Kier alpha value is -2.39. The fraction of sp³-hybridized carbons (Fsp3) is 0.312. The summed E-state index contributed by atoms with van der Waals surface area (Å²) in [5, 5.41) is 8.13. The van der Waals surface area contributed by atoms with E-state index >= 15 is 0 Å². The minimum atomic E-state index is -0.990. The summed E-state index contributed by atoms with van der Waals surface area (Å²) in [4.78, 5) is 9.91. The van der Waals surface area contributed by atoms with E-state index in [1.54, 1.807) is 6.08 Å². The fourth-order valence-corrected chi connectivity index (χ4v) is 2.02. The van der Waals surface area contributed by atoms with E-state index in [4.69, 9.17) is 39.5 Å². The number of hydrogen-bond donors (Lipinski definition) is 7. The first kappa shape index (κ1) is 19.7. The Labute approximate surface area is 141 Å². The van der Waals surface area contributed by atoms with Crippen LogP contribution < -0.4 is 34.4 Å². The van der Waals surface area contributed by atoms with Gasteiger partial charge in [-0.3, -0.25) is 4.79 Å². The lowest BCUT2D eigenvalue weighted by Gasteiger charge is -2.29. The van der Waals surface area contributed by atoms with E-state index in [2.05, 4.69) is 0 Å². The topological polar surface area (TPSA) is 193 Å². The first-order valence-corrected chi connectivity index (χ1v) is 7.46. The van der Waals surface area contributed by atoms with Crippen LogP contribution >= 0.6 is 0 Å². The minimum absolute atomic E-state index is 0.327. The highest BCUT2D eigenvalue weighted by Gasteiger charge is 2.26. The van der Waals surface area contributed by atoms with Crippen molar-refractivity contribution in [1.29, 1.82) is 0 Å². The summed E-state index contributed by atoms with van der Waals surface area (Å²) >= 11 is 0. The number of carboxylic acid groups (broad SMARTS) is 1. The van der Waals surface area contributed by atoms with Gasteiger partial charge in [0.05, 0.1) is 0 Å². The molecule has 0 saturated heterocycles. The van der Waals surface area contributed by atoms with Crippen LogP contribution in [-0.2, 0) is 4.79 Å². The SMILES string of the molecule is NC1=CC=C(c2ccc(N)cc2)CC1(N)N.NCCC(N)C(=O)O. The number of nitrogens with two attached hydrogens (primary N) is 6. The van der Waals surface area contributed by atoms with Crippen LogP contribution in [0.5, 0.6) is 0 Å². The third kappa shape index (κ3) is 5.67. The number of allylic oxidation sites excluding steroid dienone is 2. The number of rotatable bonds is 4. The summed E-state index contributed by atoms with van der Waals surface area (Å²) < 4.78 is 0. The summed E-state index contributed by atoms with van der Waals surface area (Å²) in [6.45, 7) is 0.327. The molecule has 8 heteroatoms. The lowest BCUT2D eigenvalue weighted by atomic mass is 9.89. The smallest absolute Gasteiger partial charge is 0.320 e. The highest BCUT2D eigenvalue weighted by atomic mass is 16.4. The minimum Gasteiger partial charge on any atom is -0.480 e. The molecule has 2 rings (SSSR count). The molecule has 1 aromatic rings. The number of benzene rings is 1. The van der Waals surface area contributed by atoms with Crippen LogP contribution in [0, 0.1) is 0 Å². The number of carbonyl (C=O) groups is 1. The Bertz CT molecular complexity index is 622. The van der Waals surface area contributed by atoms with Crippen LogP contribution in [0.1, 0.15) is 18.4 Å². The molecule has 1 unspecified atom stereocenters. The van der Waals surface area contributed by atoms with Gasteiger partial charge in [-0.05, 0) is 42.3 Å². The molecule has 13 N–H and O–H groups in total. The molecule has 0 saturated carbocycles. The Kier molecular flexibility index (Phi) is 6.93. The number of hydrogen-bond acceptors (Lipinski definition) is 7. The van der Waals surface area contributed by atoms with E-state index in [1.165, 1.54) is 0 Å². The second-order valence-corrected chi connectivity index (χ2v) is 5.68. The molecule has 0 aromatic heterocycles. The van der Waals surface area contributed by atoms with Gasteiger partial charge < -0.3 is 39.5 Å². The van der Waals surface area contributed by atoms with Crippen LogP contribution in [0.3, 0.4) is 0 Å². The summed E-state index contributed by atoms with van der Waals surface area (Å²) in [7, 11) is 0. The van der Waals surface area contributed by atoms with Crippen LogP contribution in [0.2, 0.25) is 0 Å². The van der Waals surface area contributed by atoms with Gasteiger partial charge in [0.1, 0.15) is 11.7 Å². The molecular weight excluding hydrogens is 308 g/mol. The van der Waals surface area contributed by atoms with Gasteiger partial charge in [0.15, 0.2) is 0 Å². The van der Waals surface area contributed by atoms with Crippen molar-refractivity contribution in [3.63, 3.8) is 0 Å². The molecule has 0 aliphatic heterocycles. The number of anilines is 1. The van der Waals surface area contributed by atoms with Gasteiger partial charge in [-0.15, -0.1) is 0 Å². The highest BCUT2D eigenvalue weighted by Crippen LogP contribution is 2.28. The third-order valence-electron chi connectivity index (χ3n) is 3.56.